The summed E-state index contributed by atoms with van der Waals surface area (Å²) in [4.78, 5) is 58.6. The Bertz CT molecular complexity index is 2840. The number of anilines is 4. The third-order valence-electron chi connectivity index (χ3n) is 9.16. The SMILES string of the molecule is CCn1nc(-c2ccccc2)c(C(C)=O)c(Nc2ccc3ncsc3c2)c1=O.CCn1nc(-c2ccccc2)c(C(C)=O)c(Nc2cccc3[nH]ccc23)c1=O. The van der Waals surface area contributed by atoms with Crippen LogP contribution in [0.25, 0.3) is 43.6 Å². The zero-order valence-corrected chi connectivity index (χ0v) is 32.0. The summed E-state index contributed by atoms with van der Waals surface area (Å²) in [7, 11) is 0. The minimum atomic E-state index is -0.322. The first-order chi connectivity index (χ1) is 27.2. The molecule has 0 saturated heterocycles. The molecular weight excluding hydrogens is 725 g/mol. The van der Waals surface area contributed by atoms with Gasteiger partial charge in [0.25, 0.3) is 11.1 Å². The molecule has 4 aromatic carbocycles. The van der Waals surface area contributed by atoms with Crippen molar-refractivity contribution >= 4 is 66.8 Å². The van der Waals surface area contributed by atoms with Crippen LogP contribution in [-0.4, -0.2) is 41.1 Å². The van der Waals surface area contributed by atoms with E-state index in [1.807, 2.05) is 123 Å². The fourth-order valence-corrected chi connectivity index (χ4v) is 7.21. The predicted molar refractivity (Wildman–Crippen MR) is 224 cm³/mol. The summed E-state index contributed by atoms with van der Waals surface area (Å²) in [5.41, 5.74) is 8.12. The van der Waals surface area contributed by atoms with Crippen molar-refractivity contribution in [3.63, 3.8) is 0 Å². The van der Waals surface area contributed by atoms with Crippen molar-refractivity contribution < 1.29 is 9.59 Å². The maximum Gasteiger partial charge on any atom is 0.291 e. The van der Waals surface area contributed by atoms with Crippen molar-refractivity contribution in [3.05, 3.63) is 147 Å². The number of Topliss-reactive ketones (excluding diaryl/α,β-unsaturated/α-hetero) is 2. The largest absolute Gasteiger partial charge is 0.361 e. The monoisotopic (exact) mass is 762 g/mol. The van der Waals surface area contributed by atoms with Gasteiger partial charge in [-0.15, -0.1) is 11.3 Å². The molecule has 13 heteroatoms. The van der Waals surface area contributed by atoms with Gasteiger partial charge in [0.2, 0.25) is 0 Å². The quantitative estimate of drug-likeness (QED) is 0.116. The van der Waals surface area contributed by atoms with E-state index in [0.29, 0.717) is 35.6 Å². The summed E-state index contributed by atoms with van der Waals surface area (Å²) >= 11 is 1.52. The Kier molecular flexibility index (Phi) is 10.8. The summed E-state index contributed by atoms with van der Waals surface area (Å²) in [6.45, 7) is 7.42. The lowest BCUT2D eigenvalue weighted by Gasteiger charge is -2.16. The van der Waals surface area contributed by atoms with Crippen molar-refractivity contribution in [1.29, 1.82) is 0 Å². The van der Waals surface area contributed by atoms with Gasteiger partial charge in [-0.2, -0.15) is 10.2 Å². The van der Waals surface area contributed by atoms with Crippen LogP contribution in [0.4, 0.5) is 22.7 Å². The number of aryl methyl sites for hydroxylation is 2. The van der Waals surface area contributed by atoms with Gasteiger partial charge in [-0.3, -0.25) is 19.2 Å². The first-order valence-electron chi connectivity index (χ1n) is 18.0. The van der Waals surface area contributed by atoms with Gasteiger partial charge in [0.15, 0.2) is 11.6 Å². The number of nitrogens with zero attached hydrogens (tertiary/aromatic N) is 5. The zero-order valence-electron chi connectivity index (χ0n) is 31.2. The molecule has 0 unspecified atom stereocenters. The second-order valence-electron chi connectivity index (χ2n) is 12.8. The van der Waals surface area contributed by atoms with Gasteiger partial charge in [-0.1, -0.05) is 66.7 Å². The van der Waals surface area contributed by atoms with Crippen molar-refractivity contribution in [2.45, 2.75) is 40.8 Å². The van der Waals surface area contributed by atoms with Crippen LogP contribution in [0.5, 0.6) is 0 Å². The van der Waals surface area contributed by atoms with E-state index in [9.17, 15) is 19.2 Å². The molecule has 3 N–H and O–H groups in total. The van der Waals surface area contributed by atoms with Crippen LogP contribution >= 0.6 is 11.3 Å². The van der Waals surface area contributed by atoms with Gasteiger partial charge < -0.3 is 15.6 Å². The fourth-order valence-electron chi connectivity index (χ4n) is 6.49. The normalized spacial score (nSPS) is 10.9. The van der Waals surface area contributed by atoms with E-state index in [0.717, 1.165) is 43.6 Å². The summed E-state index contributed by atoms with van der Waals surface area (Å²) in [5, 5.41) is 16.3. The Morgan fingerprint density at radius 1 is 0.696 bits per heavy atom. The van der Waals surface area contributed by atoms with E-state index in [2.05, 4.69) is 30.8 Å². The number of hydrogen-bond donors (Lipinski definition) is 3. The van der Waals surface area contributed by atoms with Crippen molar-refractivity contribution in [1.82, 2.24) is 29.5 Å². The van der Waals surface area contributed by atoms with Crippen LogP contribution in [0.15, 0.2) is 124 Å². The van der Waals surface area contributed by atoms with E-state index in [1.165, 1.54) is 34.5 Å². The van der Waals surface area contributed by atoms with Gasteiger partial charge in [0.05, 0.1) is 26.9 Å². The van der Waals surface area contributed by atoms with Gasteiger partial charge in [-0.25, -0.2) is 14.3 Å². The van der Waals surface area contributed by atoms with Crippen LogP contribution in [0.3, 0.4) is 0 Å². The molecule has 8 rings (SSSR count). The van der Waals surface area contributed by atoms with Crippen LogP contribution in [0, 0.1) is 0 Å². The highest BCUT2D eigenvalue weighted by molar-refractivity contribution is 7.16. The highest BCUT2D eigenvalue weighted by atomic mass is 32.1. The number of ketones is 2. The van der Waals surface area contributed by atoms with E-state index < -0.39 is 0 Å². The summed E-state index contributed by atoms with van der Waals surface area (Å²) in [5.74, 6) is -0.427. The van der Waals surface area contributed by atoms with Gasteiger partial charge in [0, 0.05) is 52.7 Å². The molecule has 0 aliphatic rings. The van der Waals surface area contributed by atoms with E-state index in [-0.39, 0.29) is 34.1 Å². The number of thiazole rings is 1. The number of hydrogen-bond acceptors (Lipinski definition) is 10. The maximum absolute atomic E-state index is 13.1. The number of carbonyl (C=O) groups excluding carboxylic acids is 2. The average molecular weight is 763 g/mol. The first-order valence-corrected chi connectivity index (χ1v) is 18.9. The van der Waals surface area contributed by atoms with Crippen molar-refractivity contribution in [2.75, 3.05) is 10.6 Å². The number of aromatic amines is 1. The topological polar surface area (TPSA) is 157 Å². The zero-order chi connectivity index (χ0) is 39.3. The third-order valence-corrected chi connectivity index (χ3v) is 9.96. The second-order valence-corrected chi connectivity index (χ2v) is 13.7. The molecule has 0 fully saturated rings. The molecule has 0 bridgehead atoms. The van der Waals surface area contributed by atoms with E-state index >= 15 is 0 Å². The Labute approximate surface area is 325 Å². The van der Waals surface area contributed by atoms with Gasteiger partial charge in [-0.05, 0) is 64.1 Å². The molecule has 12 nitrogen and oxygen atoms in total. The number of nitrogens with one attached hydrogen (secondary N) is 3. The van der Waals surface area contributed by atoms with Crippen LogP contribution in [-0.2, 0) is 13.1 Å². The minimum absolute atomic E-state index is 0.213. The Morgan fingerprint density at radius 3 is 1.82 bits per heavy atom. The van der Waals surface area contributed by atoms with Crippen molar-refractivity contribution in [2.24, 2.45) is 0 Å². The molecule has 0 saturated carbocycles. The molecular formula is C43H38N8O4S. The summed E-state index contributed by atoms with van der Waals surface area (Å²) in [6, 6.07) is 32.2. The average Bonchev–Trinajstić information content (AvgIpc) is 3.90. The standard InChI is InChI=1S/C22H20N4O2.C21H18N4O2S/c1-3-26-22(28)21(24-18-11-7-10-17-16(18)12-13-23-17)19(14(2)27)20(25-26)15-8-5-4-6-9-15;1-3-25-21(27)20(23-15-9-10-16-17(11-15)28-12-22-16)18(13(2)26)19(24-25)14-7-5-4-6-8-14/h4-13,23-24H,3H2,1-2H3;4-12,23H,3H2,1-2H3. The van der Waals surface area contributed by atoms with E-state index in [1.54, 1.807) is 5.51 Å². The molecule has 4 aromatic heterocycles. The van der Waals surface area contributed by atoms with Crippen LogP contribution in [0.2, 0.25) is 0 Å². The lowest BCUT2D eigenvalue weighted by atomic mass is 10.0. The van der Waals surface area contributed by atoms with Gasteiger partial charge in [0.1, 0.15) is 22.8 Å². The molecule has 0 amide bonds. The number of benzene rings is 4. The third kappa shape index (κ3) is 7.39. The molecule has 280 valence electrons. The number of H-pyrrole nitrogens is 1. The van der Waals surface area contributed by atoms with Crippen LogP contribution < -0.4 is 21.8 Å². The molecule has 0 atom stereocenters. The smallest absolute Gasteiger partial charge is 0.291 e. The molecule has 56 heavy (non-hydrogen) atoms. The molecule has 0 spiro atoms. The molecule has 0 aliphatic carbocycles. The lowest BCUT2D eigenvalue weighted by molar-refractivity contribution is 0.101. The predicted octanol–water partition coefficient (Wildman–Crippen LogP) is 8.84. The summed E-state index contributed by atoms with van der Waals surface area (Å²) < 4.78 is 3.76. The Balaban J connectivity index is 0.000000172. The Morgan fingerprint density at radius 2 is 1.27 bits per heavy atom. The van der Waals surface area contributed by atoms with E-state index in [4.69, 9.17) is 0 Å². The minimum Gasteiger partial charge on any atom is -0.361 e. The lowest BCUT2D eigenvalue weighted by Crippen LogP contribution is -2.28. The van der Waals surface area contributed by atoms with Crippen LogP contribution in [0.1, 0.15) is 48.4 Å². The van der Waals surface area contributed by atoms with Crippen molar-refractivity contribution in [3.8, 4) is 22.5 Å². The first kappa shape index (κ1) is 37.3. The molecule has 0 radical (unpaired) electrons. The highest BCUT2D eigenvalue weighted by Gasteiger charge is 2.24. The number of fused-ring (bicyclic) bond motifs is 2. The molecule has 4 heterocycles. The summed E-state index contributed by atoms with van der Waals surface area (Å²) in [6.07, 6.45) is 1.84. The number of rotatable bonds is 10. The molecule has 0 aliphatic heterocycles. The highest BCUT2D eigenvalue weighted by Crippen LogP contribution is 2.32. The maximum atomic E-state index is 13.1. The number of carbonyl (C=O) groups is 2. The molecule has 8 aromatic rings. The number of aromatic nitrogens is 6. The Hall–Kier alpha value is -6.99. The second kappa shape index (κ2) is 16.2. The van der Waals surface area contributed by atoms with Gasteiger partial charge >= 0.3 is 0 Å². The fraction of sp³-hybridized carbons (Fsp3) is 0.140.